The number of carbonyl (C=O) groups is 1. The van der Waals surface area contributed by atoms with Gasteiger partial charge in [0, 0.05) is 5.69 Å². The Bertz CT molecular complexity index is 780. The predicted octanol–water partition coefficient (Wildman–Crippen LogP) is 3.24. The summed E-state index contributed by atoms with van der Waals surface area (Å²) >= 11 is 1.54. The van der Waals surface area contributed by atoms with E-state index < -0.39 is 6.04 Å². The lowest BCUT2D eigenvalue weighted by atomic mass is 10.1. The van der Waals surface area contributed by atoms with Crippen LogP contribution < -0.4 is 11.1 Å². The maximum Gasteiger partial charge on any atom is 0.245 e. The molecule has 0 aliphatic rings. The third-order valence-corrected chi connectivity index (χ3v) is 4.11. The van der Waals surface area contributed by atoms with Gasteiger partial charge < -0.3 is 11.1 Å². The third-order valence-electron chi connectivity index (χ3n) is 3.32. The van der Waals surface area contributed by atoms with Gasteiger partial charge in [-0.15, -0.1) is 11.3 Å². The Morgan fingerprint density at radius 1 is 1.24 bits per heavy atom. The van der Waals surface area contributed by atoms with Crippen molar-refractivity contribution in [2.45, 2.75) is 13.0 Å². The first-order valence-corrected chi connectivity index (χ1v) is 7.48. The maximum absolute atomic E-state index is 12.2. The van der Waals surface area contributed by atoms with Crippen LogP contribution in [0.2, 0.25) is 0 Å². The van der Waals surface area contributed by atoms with E-state index >= 15 is 0 Å². The number of fused-ring (bicyclic) bond motifs is 1. The maximum atomic E-state index is 12.2. The number of nitrogens with one attached hydrogen (secondary N) is 1. The van der Waals surface area contributed by atoms with E-state index in [1.165, 1.54) is 0 Å². The summed E-state index contributed by atoms with van der Waals surface area (Å²) in [6.45, 7) is 2.00. The van der Waals surface area contributed by atoms with E-state index in [-0.39, 0.29) is 5.91 Å². The minimum absolute atomic E-state index is 0.220. The van der Waals surface area contributed by atoms with E-state index in [2.05, 4.69) is 10.3 Å². The van der Waals surface area contributed by atoms with Crippen molar-refractivity contribution in [3.63, 3.8) is 0 Å². The van der Waals surface area contributed by atoms with E-state index in [9.17, 15) is 4.79 Å². The molecule has 0 bridgehead atoms. The standard InChI is InChI=1S/C16H15N3OS/c1-10-2-4-11(5-3-10)15(17)16(20)19-12-6-7-13-14(8-12)21-9-18-13/h2-9,15H,17H2,1H3,(H,19,20). The summed E-state index contributed by atoms with van der Waals surface area (Å²) in [6.07, 6.45) is 0. The van der Waals surface area contributed by atoms with Crippen LogP contribution in [0.4, 0.5) is 5.69 Å². The first-order chi connectivity index (χ1) is 10.1. The topological polar surface area (TPSA) is 68.0 Å². The molecule has 1 heterocycles. The molecule has 0 spiro atoms. The van der Waals surface area contributed by atoms with Gasteiger partial charge in [-0.1, -0.05) is 29.8 Å². The SMILES string of the molecule is Cc1ccc(C(N)C(=O)Nc2ccc3ncsc3c2)cc1. The fraction of sp³-hybridized carbons (Fsp3) is 0.125. The van der Waals surface area contributed by atoms with Crippen LogP contribution in [0.25, 0.3) is 10.2 Å². The summed E-state index contributed by atoms with van der Waals surface area (Å²) in [6, 6.07) is 12.6. The molecule has 3 aromatic rings. The highest BCUT2D eigenvalue weighted by atomic mass is 32.1. The number of aryl methyl sites for hydroxylation is 1. The Labute approximate surface area is 126 Å². The van der Waals surface area contributed by atoms with Crippen molar-refractivity contribution < 1.29 is 4.79 Å². The van der Waals surface area contributed by atoms with Gasteiger partial charge >= 0.3 is 0 Å². The molecule has 0 radical (unpaired) electrons. The van der Waals surface area contributed by atoms with E-state index in [1.807, 2.05) is 49.4 Å². The van der Waals surface area contributed by atoms with Gasteiger partial charge in [-0.2, -0.15) is 0 Å². The van der Waals surface area contributed by atoms with Gasteiger partial charge in [0.25, 0.3) is 0 Å². The van der Waals surface area contributed by atoms with Crippen molar-refractivity contribution in [1.29, 1.82) is 0 Å². The zero-order chi connectivity index (χ0) is 14.8. The number of anilines is 1. The van der Waals surface area contributed by atoms with Crippen LogP contribution in [0.1, 0.15) is 17.2 Å². The average Bonchev–Trinajstić information content (AvgIpc) is 2.95. The number of hydrogen-bond acceptors (Lipinski definition) is 4. The molecule has 0 aliphatic carbocycles. The molecule has 2 aromatic carbocycles. The minimum atomic E-state index is -0.678. The van der Waals surface area contributed by atoms with E-state index in [0.29, 0.717) is 0 Å². The second kappa shape index (κ2) is 5.63. The summed E-state index contributed by atoms with van der Waals surface area (Å²) in [7, 11) is 0. The van der Waals surface area contributed by atoms with Crippen LogP contribution in [0.5, 0.6) is 0 Å². The number of benzene rings is 2. The molecule has 1 amide bonds. The normalized spacial score (nSPS) is 12.3. The Hall–Kier alpha value is -2.24. The van der Waals surface area contributed by atoms with E-state index in [4.69, 9.17) is 5.73 Å². The van der Waals surface area contributed by atoms with E-state index in [0.717, 1.165) is 27.0 Å². The number of carbonyl (C=O) groups excluding carboxylic acids is 1. The van der Waals surface area contributed by atoms with Crippen molar-refractivity contribution in [3.8, 4) is 0 Å². The van der Waals surface area contributed by atoms with Crippen LogP contribution in [0.15, 0.2) is 48.0 Å². The highest BCUT2D eigenvalue weighted by Crippen LogP contribution is 2.22. The quantitative estimate of drug-likeness (QED) is 0.780. The average molecular weight is 297 g/mol. The monoisotopic (exact) mass is 297 g/mol. The smallest absolute Gasteiger partial charge is 0.245 e. The largest absolute Gasteiger partial charge is 0.324 e. The fourth-order valence-corrected chi connectivity index (χ4v) is 2.79. The highest BCUT2D eigenvalue weighted by Gasteiger charge is 2.15. The van der Waals surface area contributed by atoms with Gasteiger partial charge in [0.1, 0.15) is 6.04 Å². The molecule has 4 nitrogen and oxygen atoms in total. The Morgan fingerprint density at radius 2 is 2.00 bits per heavy atom. The molecular formula is C16H15N3OS. The highest BCUT2D eigenvalue weighted by molar-refractivity contribution is 7.16. The molecule has 0 fully saturated rings. The van der Waals surface area contributed by atoms with Crippen LogP contribution in [-0.2, 0) is 4.79 Å². The first-order valence-electron chi connectivity index (χ1n) is 6.60. The third kappa shape index (κ3) is 2.94. The number of nitrogens with two attached hydrogens (primary N) is 1. The van der Waals surface area contributed by atoms with E-state index in [1.54, 1.807) is 16.8 Å². The van der Waals surface area contributed by atoms with Gasteiger partial charge in [-0.25, -0.2) is 4.98 Å². The number of amides is 1. The summed E-state index contributed by atoms with van der Waals surface area (Å²) in [4.78, 5) is 16.4. The van der Waals surface area contributed by atoms with Crippen molar-refractivity contribution >= 4 is 33.1 Å². The van der Waals surface area contributed by atoms with Crippen LogP contribution in [0.3, 0.4) is 0 Å². The van der Waals surface area contributed by atoms with Gasteiger partial charge in [0.2, 0.25) is 5.91 Å². The fourth-order valence-electron chi connectivity index (χ4n) is 2.08. The summed E-state index contributed by atoms with van der Waals surface area (Å²) in [5.41, 5.74) is 11.4. The number of aromatic nitrogens is 1. The number of hydrogen-bond donors (Lipinski definition) is 2. The molecule has 21 heavy (non-hydrogen) atoms. The lowest BCUT2D eigenvalue weighted by molar-refractivity contribution is -0.117. The van der Waals surface area contributed by atoms with Crippen molar-refractivity contribution in [1.82, 2.24) is 4.98 Å². The summed E-state index contributed by atoms with van der Waals surface area (Å²) in [5.74, 6) is -0.220. The molecular weight excluding hydrogens is 282 g/mol. The Morgan fingerprint density at radius 3 is 2.76 bits per heavy atom. The number of rotatable bonds is 3. The lowest BCUT2D eigenvalue weighted by Crippen LogP contribution is -2.27. The molecule has 1 aromatic heterocycles. The molecule has 0 aliphatic heterocycles. The van der Waals surface area contributed by atoms with Crippen LogP contribution in [0, 0.1) is 6.92 Å². The lowest BCUT2D eigenvalue weighted by Gasteiger charge is -2.13. The zero-order valence-electron chi connectivity index (χ0n) is 11.5. The van der Waals surface area contributed by atoms with Crippen LogP contribution >= 0.6 is 11.3 Å². The molecule has 3 N–H and O–H groups in total. The Kier molecular flexibility index (Phi) is 3.68. The van der Waals surface area contributed by atoms with Gasteiger partial charge in [-0.05, 0) is 30.7 Å². The van der Waals surface area contributed by atoms with Gasteiger partial charge in [-0.3, -0.25) is 4.79 Å². The molecule has 0 saturated heterocycles. The molecule has 1 unspecified atom stereocenters. The Balaban J connectivity index is 1.77. The first kappa shape index (κ1) is 13.7. The molecule has 1 atom stereocenters. The molecule has 0 saturated carbocycles. The van der Waals surface area contributed by atoms with Gasteiger partial charge in [0.15, 0.2) is 0 Å². The molecule has 106 valence electrons. The van der Waals surface area contributed by atoms with Crippen molar-refractivity contribution in [2.24, 2.45) is 5.73 Å². The summed E-state index contributed by atoms with van der Waals surface area (Å²) in [5, 5.41) is 2.85. The molecule has 5 heteroatoms. The molecule has 3 rings (SSSR count). The second-order valence-corrected chi connectivity index (χ2v) is 5.80. The number of thiazole rings is 1. The second-order valence-electron chi connectivity index (χ2n) is 4.91. The summed E-state index contributed by atoms with van der Waals surface area (Å²) < 4.78 is 1.04. The van der Waals surface area contributed by atoms with Crippen LogP contribution in [-0.4, -0.2) is 10.9 Å². The van der Waals surface area contributed by atoms with Crippen molar-refractivity contribution in [2.75, 3.05) is 5.32 Å². The predicted molar refractivity (Wildman–Crippen MR) is 86.4 cm³/mol. The van der Waals surface area contributed by atoms with Crippen molar-refractivity contribution in [3.05, 3.63) is 59.1 Å². The minimum Gasteiger partial charge on any atom is -0.324 e. The number of nitrogens with zero attached hydrogens (tertiary/aromatic N) is 1. The van der Waals surface area contributed by atoms with Gasteiger partial charge in [0.05, 0.1) is 15.7 Å². The zero-order valence-corrected chi connectivity index (χ0v) is 12.4.